The third kappa shape index (κ3) is 3.94. The van der Waals surface area contributed by atoms with Crippen LogP contribution in [0.15, 0.2) is 182 Å². The van der Waals surface area contributed by atoms with Crippen molar-refractivity contribution in [3.05, 3.63) is 182 Å². The first kappa shape index (κ1) is 27.5. The quantitative estimate of drug-likeness (QED) is 0.167. The van der Waals surface area contributed by atoms with Crippen LogP contribution in [0.25, 0.3) is 108 Å². The molecular formula is C50H30. The molecule has 0 spiro atoms. The van der Waals surface area contributed by atoms with Crippen LogP contribution in [0, 0.1) is 0 Å². The van der Waals surface area contributed by atoms with E-state index in [4.69, 9.17) is 0 Å². The Bertz CT molecular complexity index is 3180. The summed E-state index contributed by atoms with van der Waals surface area (Å²) >= 11 is 0. The molecular weight excluding hydrogens is 601 g/mol. The smallest absolute Gasteiger partial charge is 0.00137 e. The maximum absolute atomic E-state index is 2.43. The molecule has 0 aliphatic rings. The maximum atomic E-state index is 2.43. The number of hydrogen-bond acceptors (Lipinski definition) is 0. The second kappa shape index (κ2) is 10.5. The number of rotatable bonds is 2. The molecule has 0 radical (unpaired) electrons. The van der Waals surface area contributed by atoms with E-state index >= 15 is 0 Å². The van der Waals surface area contributed by atoms with Gasteiger partial charge in [-0.15, -0.1) is 0 Å². The zero-order valence-electron chi connectivity index (χ0n) is 27.3. The van der Waals surface area contributed by atoms with E-state index < -0.39 is 0 Å². The lowest BCUT2D eigenvalue weighted by Gasteiger charge is -2.17. The molecule has 0 unspecified atom stereocenters. The molecule has 0 heteroatoms. The highest BCUT2D eigenvalue weighted by Gasteiger charge is 2.16. The largest absolute Gasteiger partial charge is 0.0616 e. The lowest BCUT2D eigenvalue weighted by atomic mass is 9.86. The zero-order valence-corrected chi connectivity index (χ0v) is 27.3. The topological polar surface area (TPSA) is 0 Å². The summed E-state index contributed by atoms with van der Waals surface area (Å²) in [4.78, 5) is 0. The highest BCUT2D eigenvalue weighted by atomic mass is 14.2. The Morgan fingerprint density at radius 2 is 0.600 bits per heavy atom. The fourth-order valence-corrected chi connectivity index (χ4v) is 8.69. The van der Waals surface area contributed by atoms with Crippen LogP contribution in [0.4, 0.5) is 0 Å². The molecule has 0 bridgehead atoms. The second-order valence-corrected chi connectivity index (χ2v) is 13.6. The van der Waals surface area contributed by atoms with Crippen LogP contribution in [0.5, 0.6) is 0 Å². The summed E-state index contributed by atoms with van der Waals surface area (Å²) in [5, 5.41) is 20.8. The first-order valence-corrected chi connectivity index (χ1v) is 17.4. The van der Waals surface area contributed by atoms with Crippen LogP contribution in [0.2, 0.25) is 0 Å². The second-order valence-electron chi connectivity index (χ2n) is 13.6. The molecule has 0 aliphatic heterocycles. The van der Waals surface area contributed by atoms with E-state index in [9.17, 15) is 0 Å². The minimum Gasteiger partial charge on any atom is -0.0616 e. The van der Waals surface area contributed by atoms with E-state index in [1.165, 1.54) is 108 Å². The molecule has 0 nitrogen and oxygen atoms in total. The van der Waals surface area contributed by atoms with Gasteiger partial charge in [-0.05, 0) is 133 Å². The Morgan fingerprint density at radius 1 is 0.200 bits per heavy atom. The van der Waals surface area contributed by atoms with Crippen molar-refractivity contribution in [3.8, 4) is 22.3 Å². The summed E-state index contributed by atoms with van der Waals surface area (Å²) in [5.41, 5.74) is 4.99. The van der Waals surface area contributed by atoms with Gasteiger partial charge in [0.15, 0.2) is 0 Å². The van der Waals surface area contributed by atoms with Gasteiger partial charge in [-0.1, -0.05) is 158 Å². The molecule has 0 N–H and O–H groups in total. The standard InChI is InChI=1S/C50H30/c1-2-12-37-35(11-1)30-47(42-17-4-3-13-38(37)42)36-24-23-31-27-32(21-22-33(31)28-36)34-25-26-43-41-16-7-9-19-45(41)49-44-18-8-5-14-39(44)40-15-6-10-20-46(40)50(49)48(43)29-34/h1-30H. The van der Waals surface area contributed by atoms with Crippen molar-refractivity contribution in [2.45, 2.75) is 0 Å². The van der Waals surface area contributed by atoms with Crippen LogP contribution < -0.4 is 0 Å². The summed E-state index contributed by atoms with van der Waals surface area (Å²) in [7, 11) is 0. The first-order chi connectivity index (χ1) is 24.8. The molecule has 0 saturated carbocycles. The van der Waals surface area contributed by atoms with Gasteiger partial charge < -0.3 is 0 Å². The molecule has 50 heavy (non-hydrogen) atoms. The van der Waals surface area contributed by atoms with Gasteiger partial charge >= 0.3 is 0 Å². The van der Waals surface area contributed by atoms with E-state index in [0.717, 1.165) is 0 Å². The van der Waals surface area contributed by atoms with Crippen molar-refractivity contribution < 1.29 is 0 Å². The van der Waals surface area contributed by atoms with Crippen LogP contribution in [-0.2, 0) is 0 Å². The highest BCUT2D eigenvalue weighted by molar-refractivity contribution is 6.39. The van der Waals surface area contributed by atoms with Crippen molar-refractivity contribution in [2.24, 2.45) is 0 Å². The fraction of sp³-hybridized carbons (Fsp3) is 0. The molecule has 11 aromatic carbocycles. The molecule has 230 valence electrons. The minimum atomic E-state index is 1.23. The normalized spacial score (nSPS) is 12.0. The Balaban J connectivity index is 1.13. The average molecular weight is 631 g/mol. The lowest BCUT2D eigenvalue weighted by molar-refractivity contribution is 1.67. The summed E-state index contributed by atoms with van der Waals surface area (Å²) in [5.74, 6) is 0. The highest BCUT2D eigenvalue weighted by Crippen LogP contribution is 2.45. The molecule has 11 aromatic rings. The Morgan fingerprint density at radius 3 is 1.22 bits per heavy atom. The van der Waals surface area contributed by atoms with Crippen LogP contribution in [-0.4, -0.2) is 0 Å². The zero-order chi connectivity index (χ0) is 32.8. The SMILES string of the molecule is c1ccc2c(c1)cc(-c1ccc3cc(-c4ccc5c6ccccc6c6c7ccccc7c7ccccc7c6c5c4)ccc3c1)c1ccccc12. The third-order valence-electron chi connectivity index (χ3n) is 11.0. The first-order valence-electron chi connectivity index (χ1n) is 17.4. The van der Waals surface area contributed by atoms with Gasteiger partial charge in [-0.2, -0.15) is 0 Å². The van der Waals surface area contributed by atoms with Crippen molar-refractivity contribution in [1.29, 1.82) is 0 Å². The number of hydrogen-bond donors (Lipinski definition) is 0. The molecule has 0 aromatic heterocycles. The Labute approximate surface area is 289 Å². The van der Waals surface area contributed by atoms with E-state index in [0.29, 0.717) is 0 Å². The van der Waals surface area contributed by atoms with Gasteiger partial charge in [-0.25, -0.2) is 0 Å². The summed E-state index contributed by atoms with van der Waals surface area (Å²) in [6.45, 7) is 0. The predicted molar refractivity (Wildman–Crippen MR) is 217 cm³/mol. The molecule has 0 saturated heterocycles. The van der Waals surface area contributed by atoms with E-state index in [-0.39, 0.29) is 0 Å². The summed E-state index contributed by atoms with van der Waals surface area (Å²) in [6, 6.07) is 67.6. The van der Waals surface area contributed by atoms with Gasteiger partial charge in [0, 0.05) is 0 Å². The maximum Gasteiger partial charge on any atom is -0.00137 e. The predicted octanol–water partition coefficient (Wildman–Crippen LogP) is 14.2. The van der Waals surface area contributed by atoms with Gasteiger partial charge in [0.25, 0.3) is 0 Å². The van der Waals surface area contributed by atoms with E-state index in [2.05, 4.69) is 182 Å². The Kier molecular flexibility index (Phi) is 5.76. The molecule has 0 fully saturated rings. The molecule has 11 rings (SSSR count). The van der Waals surface area contributed by atoms with E-state index in [1.54, 1.807) is 0 Å². The lowest BCUT2D eigenvalue weighted by Crippen LogP contribution is -1.89. The van der Waals surface area contributed by atoms with Gasteiger partial charge in [0.1, 0.15) is 0 Å². The van der Waals surface area contributed by atoms with Gasteiger partial charge in [0.05, 0.1) is 0 Å². The summed E-state index contributed by atoms with van der Waals surface area (Å²) < 4.78 is 0. The van der Waals surface area contributed by atoms with Gasteiger partial charge in [-0.3, -0.25) is 0 Å². The Hall–Kier alpha value is -6.50. The molecule has 0 heterocycles. The van der Waals surface area contributed by atoms with Crippen molar-refractivity contribution in [1.82, 2.24) is 0 Å². The van der Waals surface area contributed by atoms with Gasteiger partial charge in [0.2, 0.25) is 0 Å². The van der Waals surface area contributed by atoms with Crippen molar-refractivity contribution >= 4 is 86.2 Å². The number of benzene rings is 11. The van der Waals surface area contributed by atoms with E-state index in [1.807, 2.05) is 0 Å². The fourth-order valence-electron chi connectivity index (χ4n) is 8.69. The summed E-state index contributed by atoms with van der Waals surface area (Å²) in [6.07, 6.45) is 0. The molecule has 0 amide bonds. The number of fused-ring (bicyclic) bond motifs is 15. The van der Waals surface area contributed by atoms with Crippen molar-refractivity contribution in [3.63, 3.8) is 0 Å². The molecule has 0 atom stereocenters. The van der Waals surface area contributed by atoms with Crippen LogP contribution >= 0.6 is 0 Å². The third-order valence-corrected chi connectivity index (χ3v) is 11.0. The molecule has 0 aliphatic carbocycles. The van der Waals surface area contributed by atoms with Crippen molar-refractivity contribution in [2.75, 3.05) is 0 Å². The minimum absolute atomic E-state index is 1.23. The van der Waals surface area contributed by atoms with Crippen LogP contribution in [0.3, 0.4) is 0 Å². The average Bonchev–Trinajstić information content (AvgIpc) is 3.19. The monoisotopic (exact) mass is 630 g/mol. The van der Waals surface area contributed by atoms with Crippen LogP contribution in [0.1, 0.15) is 0 Å².